The summed E-state index contributed by atoms with van der Waals surface area (Å²) in [6, 6.07) is 12.3. The van der Waals surface area contributed by atoms with Crippen LogP contribution in [0.15, 0.2) is 46.9 Å². The minimum absolute atomic E-state index is 0.203. The van der Waals surface area contributed by atoms with Gasteiger partial charge in [0.2, 0.25) is 0 Å². The van der Waals surface area contributed by atoms with Crippen LogP contribution in [-0.2, 0) is 0 Å². The van der Waals surface area contributed by atoms with Crippen molar-refractivity contribution < 1.29 is 9.53 Å². The summed E-state index contributed by atoms with van der Waals surface area (Å²) in [6.07, 6.45) is 4.59. The van der Waals surface area contributed by atoms with Crippen molar-refractivity contribution in [1.29, 1.82) is 0 Å². The summed E-state index contributed by atoms with van der Waals surface area (Å²) in [6.45, 7) is 2.84. The van der Waals surface area contributed by atoms with Gasteiger partial charge in [-0.2, -0.15) is 0 Å². The molecule has 144 valence electrons. The standard InChI is InChI=1S/C20H22BrClN2O2S/c1-2-3-4-5-11-26-18-10-9-14(12-17(18)21)19(25)24-20(27)23-16-8-6-7-15(22)13-16/h6-10,12-13H,2-5,11H2,1H3,(H2,23,24,25,27). The average molecular weight is 470 g/mol. The van der Waals surface area contributed by atoms with Gasteiger partial charge in [-0.05, 0) is 71.0 Å². The maximum Gasteiger partial charge on any atom is 0.257 e. The second-order valence-corrected chi connectivity index (χ2v) is 7.67. The van der Waals surface area contributed by atoms with Crippen LogP contribution in [0.3, 0.4) is 0 Å². The van der Waals surface area contributed by atoms with Gasteiger partial charge < -0.3 is 10.1 Å². The highest BCUT2D eigenvalue weighted by Crippen LogP contribution is 2.26. The van der Waals surface area contributed by atoms with E-state index in [1.165, 1.54) is 12.8 Å². The number of carbonyl (C=O) groups is 1. The Morgan fingerprint density at radius 3 is 2.70 bits per heavy atom. The first kappa shape index (κ1) is 21.7. The maximum atomic E-state index is 12.4. The first-order valence-electron chi connectivity index (χ1n) is 8.80. The lowest BCUT2D eigenvalue weighted by atomic mass is 10.2. The molecule has 0 aliphatic heterocycles. The van der Waals surface area contributed by atoms with Gasteiger partial charge in [0.1, 0.15) is 5.75 Å². The van der Waals surface area contributed by atoms with E-state index in [-0.39, 0.29) is 11.0 Å². The zero-order valence-corrected chi connectivity index (χ0v) is 18.2. The van der Waals surface area contributed by atoms with Gasteiger partial charge in [0.05, 0.1) is 11.1 Å². The van der Waals surface area contributed by atoms with Crippen LogP contribution in [0.1, 0.15) is 43.0 Å². The third kappa shape index (κ3) is 7.48. The fourth-order valence-electron chi connectivity index (χ4n) is 2.37. The highest BCUT2D eigenvalue weighted by molar-refractivity contribution is 9.10. The number of hydrogen-bond acceptors (Lipinski definition) is 3. The van der Waals surface area contributed by atoms with Crippen molar-refractivity contribution in [2.24, 2.45) is 0 Å². The molecule has 2 rings (SSSR count). The third-order valence-electron chi connectivity index (χ3n) is 3.76. The molecule has 0 aliphatic rings. The number of amides is 1. The molecule has 0 atom stereocenters. The molecule has 7 heteroatoms. The van der Waals surface area contributed by atoms with E-state index >= 15 is 0 Å². The van der Waals surface area contributed by atoms with Gasteiger partial charge in [0.15, 0.2) is 5.11 Å². The van der Waals surface area contributed by atoms with Crippen LogP contribution in [0, 0.1) is 0 Å². The lowest BCUT2D eigenvalue weighted by Gasteiger charge is -2.12. The predicted molar refractivity (Wildman–Crippen MR) is 119 cm³/mol. The Kier molecular flexibility index (Phi) is 9.04. The van der Waals surface area contributed by atoms with Crippen molar-refractivity contribution in [3.8, 4) is 5.75 Å². The molecule has 2 aromatic rings. The molecular formula is C20H22BrClN2O2S. The van der Waals surface area contributed by atoms with Gasteiger partial charge in [-0.15, -0.1) is 0 Å². The Balaban J connectivity index is 1.88. The summed E-state index contributed by atoms with van der Waals surface area (Å²) in [5.41, 5.74) is 1.19. The maximum absolute atomic E-state index is 12.4. The molecule has 0 bridgehead atoms. The second-order valence-electron chi connectivity index (χ2n) is 5.97. The molecule has 0 saturated carbocycles. The molecule has 0 radical (unpaired) electrons. The number of unbranched alkanes of at least 4 members (excludes halogenated alkanes) is 3. The van der Waals surface area contributed by atoms with Crippen molar-refractivity contribution in [3.05, 3.63) is 57.5 Å². The number of nitrogens with one attached hydrogen (secondary N) is 2. The summed E-state index contributed by atoms with van der Waals surface area (Å²) in [5, 5.41) is 6.38. The van der Waals surface area contributed by atoms with Crippen LogP contribution < -0.4 is 15.4 Å². The lowest BCUT2D eigenvalue weighted by Crippen LogP contribution is -2.34. The molecule has 0 saturated heterocycles. The highest BCUT2D eigenvalue weighted by Gasteiger charge is 2.11. The number of anilines is 1. The number of carbonyl (C=O) groups excluding carboxylic acids is 1. The molecule has 27 heavy (non-hydrogen) atoms. The molecular weight excluding hydrogens is 448 g/mol. The number of hydrogen-bond donors (Lipinski definition) is 2. The van der Waals surface area contributed by atoms with Gasteiger partial charge in [0.25, 0.3) is 5.91 Å². The molecule has 1 amide bonds. The van der Waals surface area contributed by atoms with Crippen molar-refractivity contribution in [2.45, 2.75) is 32.6 Å². The predicted octanol–water partition coefficient (Wildman–Crippen LogP) is 6.19. The normalized spacial score (nSPS) is 10.3. The average Bonchev–Trinajstić information content (AvgIpc) is 2.62. The number of thiocarbonyl (C=S) groups is 1. The van der Waals surface area contributed by atoms with Crippen molar-refractivity contribution in [3.63, 3.8) is 0 Å². The van der Waals surface area contributed by atoms with Gasteiger partial charge >= 0.3 is 0 Å². The third-order valence-corrected chi connectivity index (χ3v) is 4.82. The second kappa shape index (κ2) is 11.3. The highest BCUT2D eigenvalue weighted by atomic mass is 79.9. The van der Waals surface area contributed by atoms with E-state index in [4.69, 9.17) is 28.6 Å². The Morgan fingerprint density at radius 2 is 2.00 bits per heavy atom. The summed E-state index contributed by atoms with van der Waals surface area (Å²) in [7, 11) is 0. The van der Waals surface area contributed by atoms with Gasteiger partial charge in [0, 0.05) is 16.3 Å². The largest absolute Gasteiger partial charge is 0.492 e. The minimum atomic E-state index is -0.301. The van der Waals surface area contributed by atoms with E-state index in [2.05, 4.69) is 33.5 Å². The number of rotatable bonds is 8. The lowest BCUT2D eigenvalue weighted by molar-refractivity contribution is 0.0977. The van der Waals surface area contributed by atoms with E-state index in [9.17, 15) is 4.79 Å². The first-order chi connectivity index (χ1) is 13.0. The van der Waals surface area contributed by atoms with E-state index < -0.39 is 0 Å². The fourth-order valence-corrected chi connectivity index (χ4v) is 3.27. The molecule has 0 spiro atoms. The van der Waals surface area contributed by atoms with Crippen molar-refractivity contribution in [2.75, 3.05) is 11.9 Å². The number of benzene rings is 2. The topological polar surface area (TPSA) is 50.4 Å². The summed E-state index contributed by atoms with van der Waals surface area (Å²) in [4.78, 5) is 12.4. The van der Waals surface area contributed by atoms with E-state index in [0.717, 1.165) is 23.1 Å². The molecule has 0 aliphatic carbocycles. The van der Waals surface area contributed by atoms with Gasteiger partial charge in [-0.3, -0.25) is 10.1 Å². The van der Waals surface area contributed by atoms with Crippen LogP contribution >= 0.6 is 39.7 Å². The quantitative estimate of drug-likeness (QED) is 0.357. The zero-order valence-electron chi connectivity index (χ0n) is 15.1. The Labute approximate surface area is 178 Å². The molecule has 2 N–H and O–H groups in total. The Morgan fingerprint density at radius 1 is 1.19 bits per heavy atom. The van der Waals surface area contributed by atoms with Crippen LogP contribution in [0.5, 0.6) is 5.75 Å². The van der Waals surface area contributed by atoms with Gasteiger partial charge in [-0.25, -0.2) is 0 Å². The smallest absolute Gasteiger partial charge is 0.257 e. The van der Waals surface area contributed by atoms with Crippen LogP contribution in [-0.4, -0.2) is 17.6 Å². The SMILES string of the molecule is CCCCCCOc1ccc(C(=O)NC(=S)Nc2cccc(Cl)c2)cc1Br. The van der Waals surface area contributed by atoms with Crippen LogP contribution in [0.2, 0.25) is 5.02 Å². The monoisotopic (exact) mass is 468 g/mol. The molecule has 0 fully saturated rings. The molecule has 4 nitrogen and oxygen atoms in total. The zero-order chi connectivity index (χ0) is 19.6. The number of halogens is 2. The molecule has 2 aromatic carbocycles. The minimum Gasteiger partial charge on any atom is -0.492 e. The molecule has 0 unspecified atom stereocenters. The van der Waals surface area contributed by atoms with Crippen molar-refractivity contribution in [1.82, 2.24) is 5.32 Å². The Hall–Kier alpha value is -1.63. The summed E-state index contributed by atoms with van der Waals surface area (Å²) < 4.78 is 6.50. The van der Waals surface area contributed by atoms with Crippen LogP contribution in [0.25, 0.3) is 0 Å². The molecule has 0 aromatic heterocycles. The van der Waals surface area contributed by atoms with E-state index in [1.54, 1.807) is 36.4 Å². The molecule has 0 heterocycles. The fraction of sp³-hybridized carbons (Fsp3) is 0.300. The summed E-state index contributed by atoms with van der Waals surface area (Å²) in [5.74, 6) is 0.424. The van der Waals surface area contributed by atoms with E-state index in [1.807, 2.05) is 6.07 Å². The van der Waals surface area contributed by atoms with Crippen LogP contribution in [0.4, 0.5) is 5.69 Å². The van der Waals surface area contributed by atoms with Crippen molar-refractivity contribution >= 4 is 56.5 Å². The number of ether oxygens (including phenoxy) is 1. The first-order valence-corrected chi connectivity index (χ1v) is 10.4. The van der Waals surface area contributed by atoms with E-state index in [0.29, 0.717) is 22.9 Å². The summed E-state index contributed by atoms with van der Waals surface area (Å²) >= 11 is 14.6. The van der Waals surface area contributed by atoms with Gasteiger partial charge in [-0.1, -0.05) is 43.9 Å². The Bertz CT molecular complexity index is 801.